The number of carboxylic acid groups (broad SMARTS) is 1. The van der Waals surface area contributed by atoms with E-state index in [4.69, 9.17) is 16.2 Å². The number of anilines is 1. The first-order valence-electron chi connectivity index (χ1n) is 13.7. The minimum absolute atomic E-state index is 0.0153. The van der Waals surface area contributed by atoms with Crippen LogP contribution in [0.25, 0.3) is 11.1 Å². The van der Waals surface area contributed by atoms with Crippen LogP contribution in [0, 0.1) is 0 Å². The Morgan fingerprint density at radius 3 is 2.77 bits per heavy atom. The fraction of sp³-hybridized carbons (Fsp3) is 0.241. The molecule has 2 aromatic carbocycles. The number of hydrogen-bond donors (Lipinski definition) is 6. The monoisotopic (exact) mass is 637 g/mol. The highest BCUT2D eigenvalue weighted by atomic mass is 32.2. The number of nitrogens with two attached hydrogens (primary N) is 2. The maximum atomic E-state index is 13.9. The van der Waals surface area contributed by atoms with Crippen LogP contribution in [0.4, 0.5) is 5.69 Å². The lowest BCUT2D eigenvalue weighted by atomic mass is 9.95. The van der Waals surface area contributed by atoms with Crippen molar-refractivity contribution in [3.8, 4) is 16.9 Å². The molecule has 13 nitrogen and oxygen atoms in total. The highest BCUT2D eigenvalue weighted by Gasteiger charge is 2.30. The van der Waals surface area contributed by atoms with Crippen molar-refractivity contribution in [2.24, 2.45) is 16.5 Å². The van der Waals surface area contributed by atoms with E-state index < -0.39 is 27.9 Å². The lowest BCUT2D eigenvalue weighted by Crippen LogP contribution is -2.40. The molecule has 44 heavy (non-hydrogen) atoms. The van der Waals surface area contributed by atoms with Crippen molar-refractivity contribution in [1.82, 2.24) is 15.3 Å². The number of carbonyl (C=O) groups excluding carboxylic acids is 1. The highest BCUT2D eigenvalue weighted by Crippen LogP contribution is 2.39. The van der Waals surface area contributed by atoms with E-state index in [1.54, 1.807) is 23.8 Å². The zero-order valence-corrected chi connectivity index (χ0v) is 25.1. The van der Waals surface area contributed by atoms with Crippen molar-refractivity contribution in [3.05, 3.63) is 82.1 Å². The molecular formula is C29H31N7O6S2. The molecule has 0 saturated carbocycles. The molecule has 1 atom stereocenters. The average molecular weight is 638 g/mol. The molecule has 0 spiro atoms. The predicted octanol–water partition coefficient (Wildman–Crippen LogP) is 2.70. The molecule has 1 aliphatic rings. The number of H-pyrrole nitrogens is 1. The number of aromatic nitrogens is 2. The van der Waals surface area contributed by atoms with Gasteiger partial charge in [0.2, 0.25) is 0 Å². The average Bonchev–Trinajstić information content (AvgIpc) is 3.76. The van der Waals surface area contributed by atoms with Crippen LogP contribution in [0.1, 0.15) is 39.5 Å². The van der Waals surface area contributed by atoms with Gasteiger partial charge in [-0.2, -0.15) is 0 Å². The van der Waals surface area contributed by atoms with Crippen LogP contribution in [-0.4, -0.2) is 60.5 Å². The third-order valence-electron chi connectivity index (χ3n) is 6.94. The third-order valence-corrected chi connectivity index (χ3v) is 9.23. The molecule has 1 aliphatic heterocycles. The van der Waals surface area contributed by atoms with Gasteiger partial charge in [-0.15, -0.1) is 11.3 Å². The number of rotatable bonds is 13. The fourth-order valence-corrected chi connectivity index (χ4v) is 7.01. The van der Waals surface area contributed by atoms with E-state index in [0.29, 0.717) is 31.4 Å². The summed E-state index contributed by atoms with van der Waals surface area (Å²) in [6, 6.07) is 11.4. The quantitative estimate of drug-likeness (QED) is 0.0721. The Labute approximate surface area is 257 Å². The minimum atomic E-state index is -4.25. The highest BCUT2D eigenvalue weighted by molar-refractivity contribution is 7.92. The molecule has 230 valence electrons. The van der Waals surface area contributed by atoms with Crippen LogP contribution in [0.5, 0.6) is 5.75 Å². The topological polar surface area (TPSA) is 215 Å². The number of fused-ring (bicyclic) bond motifs is 1. The van der Waals surface area contributed by atoms with Gasteiger partial charge in [0.1, 0.15) is 27.4 Å². The molecule has 0 aliphatic carbocycles. The van der Waals surface area contributed by atoms with E-state index in [1.807, 2.05) is 30.3 Å². The van der Waals surface area contributed by atoms with Gasteiger partial charge >= 0.3 is 5.97 Å². The van der Waals surface area contributed by atoms with E-state index in [0.717, 1.165) is 33.9 Å². The van der Waals surface area contributed by atoms with Gasteiger partial charge in [0.15, 0.2) is 5.96 Å². The maximum absolute atomic E-state index is 13.9. The van der Waals surface area contributed by atoms with E-state index >= 15 is 0 Å². The first kappa shape index (κ1) is 30.6. The molecule has 0 radical (unpaired) electrons. The minimum Gasteiger partial charge on any atom is -0.492 e. The zero-order valence-electron chi connectivity index (χ0n) is 23.4. The summed E-state index contributed by atoms with van der Waals surface area (Å²) >= 11 is 0.982. The van der Waals surface area contributed by atoms with Gasteiger partial charge in [-0.3, -0.25) is 14.5 Å². The number of ether oxygens (including phenoxy) is 1. The number of imidazole rings is 1. The number of amides is 1. The van der Waals surface area contributed by atoms with Crippen molar-refractivity contribution < 1.29 is 27.9 Å². The van der Waals surface area contributed by atoms with Crippen LogP contribution >= 0.6 is 11.3 Å². The van der Waals surface area contributed by atoms with Gasteiger partial charge in [0.25, 0.3) is 15.9 Å². The Morgan fingerprint density at radius 2 is 2.02 bits per heavy atom. The molecule has 0 saturated heterocycles. The lowest BCUT2D eigenvalue weighted by Gasteiger charge is -2.16. The molecule has 1 amide bonds. The second kappa shape index (κ2) is 13.2. The number of hydrogen-bond acceptors (Lipinski definition) is 8. The fourth-order valence-electron chi connectivity index (χ4n) is 4.91. The number of nitrogens with one attached hydrogen (secondary N) is 3. The molecule has 8 N–H and O–H groups in total. The molecule has 0 unspecified atom stereocenters. The Kier molecular flexibility index (Phi) is 9.15. The third kappa shape index (κ3) is 7.01. The van der Waals surface area contributed by atoms with E-state index in [-0.39, 0.29) is 40.1 Å². The molecule has 2 aromatic heterocycles. The molecule has 4 aromatic rings. The largest absolute Gasteiger partial charge is 0.492 e. The SMILES string of the molecule is NC(N)=NCCC[C@H](NC(=O)c1sccc1NS(=O)(=O)c1cc(-c2ccccc2Cc2ncc[nH]2)cc2c1OCC2)C(=O)O. The standard InChI is InChI=1S/C29H31N7O6S2/c30-29(31)34-9-3-6-22(28(38)39)35-27(37)26-21(8-13-43-26)36-44(40,41)23-15-19(14-18-7-12-42-25(18)23)20-5-2-1-4-17(20)16-24-32-10-11-33-24/h1-2,4-5,8,10-11,13-15,22,36H,3,6-7,9,12,16H2,(H,32,33)(H,35,37)(H,38,39)(H4,30,31,34)/t22-/m0/s1. The molecule has 0 bridgehead atoms. The second-order valence-corrected chi connectivity index (χ2v) is 12.6. The lowest BCUT2D eigenvalue weighted by molar-refractivity contribution is -0.139. The number of aromatic amines is 1. The summed E-state index contributed by atoms with van der Waals surface area (Å²) < 4.78 is 36.0. The zero-order chi connectivity index (χ0) is 31.3. The number of carboxylic acids is 1. The van der Waals surface area contributed by atoms with Gasteiger partial charge in [-0.25, -0.2) is 18.2 Å². The summed E-state index contributed by atoms with van der Waals surface area (Å²) in [5.74, 6) is -1.04. The number of thiophene rings is 1. The summed E-state index contributed by atoms with van der Waals surface area (Å²) in [6.07, 6.45) is 4.87. The number of carbonyl (C=O) groups is 2. The van der Waals surface area contributed by atoms with E-state index in [2.05, 4.69) is 25.0 Å². The Bertz CT molecular complexity index is 1800. The number of aliphatic carboxylic acids is 1. The van der Waals surface area contributed by atoms with Gasteiger partial charge in [0.05, 0.1) is 12.3 Å². The normalized spacial score (nSPS) is 13.0. The van der Waals surface area contributed by atoms with Crippen molar-refractivity contribution in [2.45, 2.75) is 36.6 Å². The summed E-state index contributed by atoms with van der Waals surface area (Å²) in [4.78, 5) is 36.1. The Balaban J connectivity index is 1.41. The first-order valence-corrected chi connectivity index (χ1v) is 16.0. The van der Waals surface area contributed by atoms with E-state index in [9.17, 15) is 23.1 Å². The van der Waals surface area contributed by atoms with Crippen LogP contribution in [0.2, 0.25) is 0 Å². The molecular weight excluding hydrogens is 606 g/mol. The Hall–Kier alpha value is -4.89. The predicted molar refractivity (Wildman–Crippen MR) is 166 cm³/mol. The van der Waals surface area contributed by atoms with Crippen molar-refractivity contribution in [1.29, 1.82) is 0 Å². The second-order valence-electron chi connectivity index (χ2n) is 10.0. The van der Waals surface area contributed by atoms with Crippen molar-refractivity contribution in [3.63, 3.8) is 0 Å². The number of benzene rings is 2. The smallest absolute Gasteiger partial charge is 0.326 e. The molecule has 5 rings (SSSR count). The van der Waals surface area contributed by atoms with Crippen LogP contribution in [0.3, 0.4) is 0 Å². The summed E-state index contributed by atoms with van der Waals surface area (Å²) in [7, 11) is -4.25. The van der Waals surface area contributed by atoms with Crippen molar-refractivity contribution in [2.75, 3.05) is 17.9 Å². The van der Waals surface area contributed by atoms with Crippen LogP contribution in [-0.2, 0) is 27.7 Å². The summed E-state index contributed by atoms with van der Waals surface area (Å²) in [5.41, 5.74) is 13.9. The summed E-state index contributed by atoms with van der Waals surface area (Å²) in [5, 5.41) is 13.6. The van der Waals surface area contributed by atoms with Crippen molar-refractivity contribution >= 4 is 44.9 Å². The van der Waals surface area contributed by atoms with Gasteiger partial charge in [-0.05, 0) is 58.7 Å². The molecule has 3 heterocycles. The number of guanidine groups is 1. The van der Waals surface area contributed by atoms with E-state index in [1.165, 1.54) is 6.07 Å². The van der Waals surface area contributed by atoms with Crippen LogP contribution in [0.15, 0.2) is 70.1 Å². The number of aliphatic imine (C=N–C) groups is 1. The van der Waals surface area contributed by atoms with Crippen LogP contribution < -0.4 is 26.2 Å². The summed E-state index contributed by atoms with van der Waals surface area (Å²) in [6.45, 7) is 0.534. The molecule has 15 heteroatoms. The molecule has 0 fully saturated rings. The Morgan fingerprint density at radius 1 is 1.20 bits per heavy atom. The number of sulfonamides is 1. The van der Waals surface area contributed by atoms with Gasteiger partial charge < -0.3 is 31.6 Å². The first-order chi connectivity index (χ1) is 21.1. The maximum Gasteiger partial charge on any atom is 0.326 e. The van der Waals surface area contributed by atoms with Gasteiger partial charge in [-0.1, -0.05) is 24.3 Å². The number of nitrogens with zero attached hydrogens (tertiary/aromatic N) is 2. The van der Waals surface area contributed by atoms with Gasteiger partial charge in [0, 0.05) is 31.8 Å².